The lowest BCUT2D eigenvalue weighted by atomic mass is 9.85. The number of likely N-dealkylation sites (tertiary alicyclic amines) is 1. The van der Waals surface area contributed by atoms with Crippen LogP contribution in [0.2, 0.25) is 0 Å². The Morgan fingerprint density at radius 3 is 2.25 bits per heavy atom. The second-order valence-corrected chi connectivity index (χ2v) is 17.2. The molecule has 5 amide bonds. The lowest BCUT2D eigenvalue weighted by molar-refractivity contribution is -0.143. The average molecular weight is 748 g/mol. The van der Waals surface area contributed by atoms with Crippen molar-refractivity contribution < 1.29 is 51.4 Å². The van der Waals surface area contributed by atoms with Crippen molar-refractivity contribution in [3.05, 3.63) is 42.5 Å². The zero-order valence-corrected chi connectivity index (χ0v) is 31.4. The van der Waals surface area contributed by atoms with E-state index in [1.807, 2.05) is 0 Å². The highest BCUT2D eigenvalue weighted by Gasteiger charge is 2.62. The molecule has 1 heterocycles. The van der Waals surface area contributed by atoms with Crippen LogP contribution < -0.4 is 20.7 Å². The zero-order chi connectivity index (χ0) is 38.8. The summed E-state index contributed by atoms with van der Waals surface area (Å²) in [5.74, 6) is -3.67. The van der Waals surface area contributed by atoms with Gasteiger partial charge in [0.25, 0.3) is 5.91 Å². The molecule has 4 rings (SSSR count). The van der Waals surface area contributed by atoms with E-state index in [2.05, 4.69) is 27.3 Å². The topological polar surface area (TPSA) is 216 Å². The molecule has 17 heteroatoms. The van der Waals surface area contributed by atoms with Gasteiger partial charge in [-0.3, -0.25) is 24.4 Å². The van der Waals surface area contributed by atoms with Crippen molar-refractivity contribution in [3.8, 4) is 0 Å². The predicted octanol–water partition coefficient (Wildman–Crippen LogP) is 2.99. The second-order valence-electron chi connectivity index (χ2n) is 15.3. The molecule has 1 unspecified atom stereocenters. The van der Waals surface area contributed by atoms with Crippen LogP contribution in [0.3, 0.4) is 0 Å². The number of rotatable bonds is 12. The Balaban J connectivity index is 1.60. The highest BCUT2D eigenvalue weighted by Crippen LogP contribution is 2.45. The van der Waals surface area contributed by atoms with Crippen molar-refractivity contribution in [1.29, 1.82) is 0 Å². The van der Waals surface area contributed by atoms with Crippen molar-refractivity contribution in [2.75, 3.05) is 18.5 Å². The molecule has 0 bridgehead atoms. The van der Waals surface area contributed by atoms with Crippen LogP contribution >= 0.6 is 0 Å². The molecule has 0 aromatic heterocycles. The third-order valence-electron chi connectivity index (χ3n) is 8.80. The maximum absolute atomic E-state index is 14.3. The Morgan fingerprint density at radius 2 is 1.69 bits per heavy atom. The number of ether oxygens (including phenoxy) is 3. The maximum Gasteiger partial charge on any atom is 0.411 e. The number of nitrogens with one attached hydrogen (secondary N) is 4. The van der Waals surface area contributed by atoms with Crippen molar-refractivity contribution in [1.82, 2.24) is 20.3 Å². The lowest BCUT2D eigenvalue weighted by Crippen LogP contribution is -2.60. The monoisotopic (exact) mass is 747 g/mol. The number of benzene rings is 1. The van der Waals surface area contributed by atoms with Gasteiger partial charge in [-0.1, -0.05) is 39.0 Å². The molecule has 1 aromatic carbocycles. The van der Waals surface area contributed by atoms with E-state index in [0.717, 1.165) is 4.90 Å². The van der Waals surface area contributed by atoms with Gasteiger partial charge in [0.2, 0.25) is 21.8 Å². The Labute approximate surface area is 303 Å². The van der Waals surface area contributed by atoms with Gasteiger partial charge in [0, 0.05) is 12.3 Å². The van der Waals surface area contributed by atoms with Crippen LogP contribution in [0.4, 0.5) is 15.3 Å². The van der Waals surface area contributed by atoms with Crippen molar-refractivity contribution in [2.45, 2.75) is 109 Å². The van der Waals surface area contributed by atoms with Crippen molar-refractivity contribution in [3.63, 3.8) is 0 Å². The number of carbonyl (C=O) groups excluding carboxylic acids is 6. The van der Waals surface area contributed by atoms with Crippen LogP contribution in [0.5, 0.6) is 0 Å². The third kappa shape index (κ3) is 9.60. The molecule has 16 nitrogen and oxygen atoms in total. The number of sulfonamides is 1. The first-order valence-electron chi connectivity index (χ1n) is 17.2. The Kier molecular flexibility index (Phi) is 11.7. The number of nitrogens with zero attached hydrogens (tertiary/aromatic N) is 1. The van der Waals surface area contributed by atoms with E-state index in [1.54, 1.807) is 60.6 Å². The quantitative estimate of drug-likeness (QED) is 0.139. The number of alkyl carbamates (subject to hydrolysis) is 1. The smallest absolute Gasteiger partial charge is 0.411 e. The molecule has 1 aromatic rings. The van der Waals surface area contributed by atoms with Crippen molar-refractivity contribution >= 4 is 51.6 Å². The summed E-state index contributed by atoms with van der Waals surface area (Å²) in [7, 11) is -3.95. The molecule has 5 atom stereocenters. The van der Waals surface area contributed by atoms with Gasteiger partial charge < -0.3 is 29.7 Å². The van der Waals surface area contributed by atoms with E-state index in [1.165, 1.54) is 18.2 Å². The van der Waals surface area contributed by atoms with E-state index in [4.69, 9.17) is 14.2 Å². The summed E-state index contributed by atoms with van der Waals surface area (Å²) in [4.78, 5) is 81.4. The molecule has 52 heavy (non-hydrogen) atoms. The summed E-state index contributed by atoms with van der Waals surface area (Å²) in [5, 5.41) is 7.11. The highest BCUT2D eigenvalue weighted by molar-refractivity contribution is 7.91. The molecular weight excluding hydrogens is 698 g/mol. The number of hydrogen-bond acceptors (Lipinski definition) is 11. The summed E-state index contributed by atoms with van der Waals surface area (Å²) in [5.41, 5.74) is -3.22. The normalized spacial score (nSPS) is 23.4. The molecule has 3 fully saturated rings. The van der Waals surface area contributed by atoms with Gasteiger partial charge >= 0.3 is 18.2 Å². The van der Waals surface area contributed by atoms with Gasteiger partial charge in [-0.05, 0) is 64.5 Å². The molecule has 2 aliphatic carbocycles. The first kappa shape index (κ1) is 40.1. The number of para-hydroxylation sites is 1. The van der Waals surface area contributed by atoms with E-state index in [-0.39, 0.29) is 37.2 Å². The van der Waals surface area contributed by atoms with Crippen LogP contribution in [0.25, 0.3) is 0 Å². The van der Waals surface area contributed by atoms with Gasteiger partial charge in [0.1, 0.15) is 29.3 Å². The first-order chi connectivity index (χ1) is 24.1. The number of carbonyl (C=O) groups is 6. The fourth-order valence-corrected chi connectivity index (χ4v) is 7.27. The van der Waals surface area contributed by atoms with Gasteiger partial charge in [0.05, 0.1) is 29.7 Å². The van der Waals surface area contributed by atoms with Gasteiger partial charge in [-0.15, -0.1) is 6.58 Å². The summed E-state index contributed by atoms with van der Waals surface area (Å²) < 4.78 is 43.4. The van der Waals surface area contributed by atoms with Gasteiger partial charge in [0.15, 0.2) is 0 Å². The summed E-state index contributed by atoms with van der Waals surface area (Å²) in [6.45, 7) is 15.3. The molecule has 1 aliphatic heterocycles. The van der Waals surface area contributed by atoms with E-state index >= 15 is 0 Å². The third-order valence-corrected chi connectivity index (χ3v) is 10.6. The minimum absolute atomic E-state index is 0.0714. The molecule has 2 saturated carbocycles. The molecule has 4 N–H and O–H groups in total. The van der Waals surface area contributed by atoms with Gasteiger partial charge in [-0.25, -0.2) is 22.8 Å². The molecule has 1 saturated heterocycles. The fraction of sp³-hybridized carbons (Fsp3) is 0.600. The number of esters is 1. The average Bonchev–Trinajstić information content (AvgIpc) is 3.95. The Bertz CT molecular complexity index is 1710. The minimum Gasteiger partial charge on any atom is -0.462 e. The van der Waals surface area contributed by atoms with Crippen LogP contribution in [-0.4, -0.2) is 96.9 Å². The SMILES string of the molecule is C=CC1C[C@]1(NC(=O)[C@@H]1C[C@@H](OC(=O)Nc2ccccc2C(=O)OCC)CN1C(=O)[C@@H](NC(=O)OC(C)(C)C)C(C)(C)C)C(=O)NS(=O)(=O)C1CC1. The summed E-state index contributed by atoms with van der Waals surface area (Å²) in [6, 6.07) is 3.58. The standard InChI is InChI=1S/C35H49N5O11S/c1-9-20-18-35(20,30(44)39-52(47,48)22-15-16-22)38-27(41)25-17-21(50-31(45)36-24-14-12-11-13-23(24)29(43)49-10-2)19-40(25)28(42)26(33(3,4)5)37-32(46)51-34(6,7)8/h9,11-14,20-22,25-26H,1,10,15-19H2,2-8H3,(H,36,45)(H,37,46)(H,38,41)(H,39,44)/t20?,21-,25+,26-,35-/m1/s1. The van der Waals surface area contributed by atoms with Crippen LogP contribution in [0.1, 0.15) is 84.5 Å². The lowest BCUT2D eigenvalue weighted by Gasteiger charge is -2.36. The molecule has 0 radical (unpaired) electrons. The van der Waals surface area contributed by atoms with Crippen LogP contribution in [0, 0.1) is 11.3 Å². The number of amides is 5. The fourth-order valence-electron chi connectivity index (χ4n) is 5.90. The Hall–Kier alpha value is -4.67. The van der Waals surface area contributed by atoms with Crippen LogP contribution in [-0.2, 0) is 38.6 Å². The molecule has 3 aliphatic rings. The number of hydrogen-bond donors (Lipinski definition) is 4. The highest BCUT2D eigenvalue weighted by atomic mass is 32.2. The van der Waals surface area contributed by atoms with Crippen LogP contribution in [0.15, 0.2) is 36.9 Å². The summed E-state index contributed by atoms with van der Waals surface area (Å²) >= 11 is 0. The first-order valence-corrected chi connectivity index (χ1v) is 18.7. The zero-order valence-electron chi connectivity index (χ0n) is 30.6. The number of anilines is 1. The van der Waals surface area contributed by atoms with E-state index in [0.29, 0.717) is 12.8 Å². The molecule has 286 valence electrons. The maximum atomic E-state index is 14.3. The molecular formula is C35H49N5O11S. The largest absolute Gasteiger partial charge is 0.462 e. The van der Waals surface area contributed by atoms with E-state index < -0.39 is 91.8 Å². The second kappa shape index (κ2) is 15.1. The molecule has 0 spiro atoms. The predicted molar refractivity (Wildman–Crippen MR) is 188 cm³/mol. The minimum atomic E-state index is -3.95. The van der Waals surface area contributed by atoms with E-state index in [9.17, 15) is 37.2 Å². The summed E-state index contributed by atoms with van der Waals surface area (Å²) in [6.07, 6.45) is -0.787. The Morgan fingerprint density at radius 1 is 1.04 bits per heavy atom. The van der Waals surface area contributed by atoms with Crippen molar-refractivity contribution in [2.24, 2.45) is 11.3 Å². The van der Waals surface area contributed by atoms with Gasteiger partial charge in [-0.2, -0.15) is 0 Å².